The molecule has 0 aliphatic carbocycles. The van der Waals surface area contributed by atoms with E-state index >= 15 is 0 Å². The minimum absolute atomic E-state index is 0.0362. The normalized spacial score (nSPS) is 14.4. The molecule has 0 bridgehead atoms. The molecule has 0 atom stereocenters. The Balaban J connectivity index is 2.63. The Kier molecular flexibility index (Phi) is 1.10. The lowest BCUT2D eigenvalue weighted by Gasteiger charge is -2.04. The smallest absolute Gasteiger partial charge is 0.306 e. The molecular weight excluding hydrogens is 150 g/mol. The van der Waals surface area contributed by atoms with E-state index in [2.05, 4.69) is 15.3 Å². The van der Waals surface area contributed by atoms with Crippen molar-refractivity contribution in [2.45, 2.75) is 0 Å². The molecule has 1 aromatic heterocycles. The van der Waals surface area contributed by atoms with Gasteiger partial charge in [-0.25, -0.2) is 0 Å². The Morgan fingerprint density at radius 3 is 3.40 bits per heavy atom. The number of rotatable bonds is 0. The van der Waals surface area contributed by atoms with Crippen LogP contribution < -0.4 is 10.2 Å². The number of hydrogen-bond acceptors (Lipinski definition) is 4. The van der Waals surface area contributed by atoms with Crippen molar-refractivity contribution in [1.82, 2.24) is 4.98 Å². The zero-order valence-corrected chi connectivity index (χ0v) is 5.86. The maximum atomic E-state index is 10.7. The van der Waals surface area contributed by atoms with Gasteiger partial charge in [0.05, 0.1) is 4.88 Å². The van der Waals surface area contributed by atoms with Crippen molar-refractivity contribution in [3.05, 3.63) is 14.5 Å². The van der Waals surface area contributed by atoms with Gasteiger partial charge in [-0.05, 0) is 0 Å². The fourth-order valence-electron chi connectivity index (χ4n) is 0.816. The number of aromatic nitrogens is 1. The first-order chi connectivity index (χ1) is 4.86. The lowest BCUT2D eigenvalue weighted by Crippen LogP contribution is -2.06. The van der Waals surface area contributed by atoms with E-state index in [1.807, 2.05) is 0 Å². The van der Waals surface area contributed by atoms with Crippen LogP contribution in [0.1, 0.15) is 4.88 Å². The number of anilines is 1. The predicted octanol–water partition coefficient (Wildman–Crippen LogP) is 0.238. The van der Waals surface area contributed by atoms with Crippen LogP contribution in [0.3, 0.4) is 0 Å². The van der Waals surface area contributed by atoms with Crippen LogP contribution in [0.2, 0.25) is 0 Å². The molecule has 0 saturated carbocycles. The van der Waals surface area contributed by atoms with Crippen molar-refractivity contribution in [3.63, 3.8) is 0 Å². The highest BCUT2D eigenvalue weighted by Gasteiger charge is 2.06. The van der Waals surface area contributed by atoms with Gasteiger partial charge < -0.3 is 5.32 Å². The van der Waals surface area contributed by atoms with Crippen LogP contribution in [0, 0.1) is 0 Å². The quantitative estimate of drug-likeness (QED) is 0.563. The van der Waals surface area contributed by atoms with Crippen molar-refractivity contribution >= 4 is 23.4 Å². The Hall–Kier alpha value is -1.10. The third-order valence-corrected chi connectivity index (χ3v) is 2.05. The van der Waals surface area contributed by atoms with E-state index in [9.17, 15) is 4.79 Å². The molecule has 0 radical (unpaired) electrons. The molecule has 5 heteroatoms. The van der Waals surface area contributed by atoms with Gasteiger partial charge in [-0.1, -0.05) is 11.3 Å². The lowest BCUT2D eigenvalue weighted by molar-refractivity contribution is 1.10. The summed E-state index contributed by atoms with van der Waals surface area (Å²) in [6.45, 7) is 0.555. The third-order valence-electron chi connectivity index (χ3n) is 1.23. The molecule has 0 unspecified atom stereocenters. The number of thiazole rings is 1. The minimum Gasteiger partial charge on any atom is -0.351 e. The maximum Gasteiger partial charge on any atom is 0.306 e. The Morgan fingerprint density at radius 2 is 2.60 bits per heavy atom. The molecule has 1 aromatic rings. The number of aliphatic imine (C=N–C) groups is 1. The molecule has 0 amide bonds. The first-order valence-corrected chi connectivity index (χ1v) is 3.65. The number of nitrogens with one attached hydrogen (secondary N) is 2. The van der Waals surface area contributed by atoms with E-state index in [1.54, 1.807) is 6.21 Å². The van der Waals surface area contributed by atoms with Crippen LogP contribution in [0.15, 0.2) is 9.79 Å². The summed E-state index contributed by atoms with van der Waals surface area (Å²) in [6.07, 6.45) is 1.70. The SMILES string of the molecule is O=c1[nH]c2c(s1)C=NCN2. The molecule has 1 aliphatic heterocycles. The average molecular weight is 155 g/mol. The second kappa shape index (κ2) is 1.95. The van der Waals surface area contributed by atoms with Gasteiger partial charge in [0.15, 0.2) is 0 Å². The predicted molar refractivity (Wildman–Crippen MR) is 41.0 cm³/mol. The van der Waals surface area contributed by atoms with Crippen molar-refractivity contribution in [2.24, 2.45) is 4.99 Å². The molecule has 1 aliphatic rings. The monoisotopic (exact) mass is 155 g/mol. The summed E-state index contributed by atoms with van der Waals surface area (Å²) in [5.74, 6) is 0.796. The highest BCUT2D eigenvalue weighted by atomic mass is 32.1. The standard InChI is InChI=1S/C5H5N3OS/c9-5-8-4-3(10-5)1-6-2-7-4/h1,7H,2H2,(H,8,9). The van der Waals surface area contributed by atoms with E-state index in [4.69, 9.17) is 0 Å². The van der Waals surface area contributed by atoms with E-state index in [-0.39, 0.29) is 4.87 Å². The first kappa shape index (κ1) is 5.67. The summed E-state index contributed by atoms with van der Waals surface area (Å²) in [5, 5.41) is 2.94. The third kappa shape index (κ3) is 0.750. The molecule has 52 valence electrons. The summed E-state index contributed by atoms with van der Waals surface area (Å²) in [6, 6.07) is 0. The number of fused-ring (bicyclic) bond motifs is 1. The molecular formula is C5H5N3OS. The number of nitrogens with zero attached hydrogens (tertiary/aromatic N) is 1. The van der Waals surface area contributed by atoms with Gasteiger partial charge >= 0.3 is 4.87 Å². The highest BCUT2D eigenvalue weighted by Crippen LogP contribution is 2.14. The van der Waals surface area contributed by atoms with E-state index in [0.717, 1.165) is 10.7 Å². The molecule has 0 spiro atoms. The lowest BCUT2D eigenvalue weighted by atomic mass is 10.5. The van der Waals surface area contributed by atoms with Crippen LogP contribution in [0.4, 0.5) is 5.82 Å². The first-order valence-electron chi connectivity index (χ1n) is 2.83. The Labute approximate surface area is 60.6 Å². The van der Waals surface area contributed by atoms with Gasteiger partial charge in [-0.15, -0.1) is 0 Å². The van der Waals surface area contributed by atoms with Gasteiger partial charge in [0, 0.05) is 6.21 Å². The number of H-pyrrole nitrogens is 1. The van der Waals surface area contributed by atoms with Crippen LogP contribution in [0.5, 0.6) is 0 Å². The molecule has 0 fully saturated rings. The number of aromatic amines is 1. The van der Waals surface area contributed by atoms with Crippen LogP contribution >= 0.6 is 11.3 Å². The van der Waals surface area contributed by atoms with Crippen molar-refractivity contribution in [1.29, 1.82) is 0 Å². The minimum atomic E-state index is -0.0362. The summed E-state index contributed by atoms with van der Waals surface area (Å²) in [5.41, 5.74) is 0. The average Bonchev–Trinajstić information content (AvgIpc) is 2.27. The molecule has 0 saturated heterocycles. The van der Waals surface area contributed by atoms with Crippen LogP contribution in [-0.4, -0.2) is 17.9 Å². The fourth-order valence-corrected chi connectivity index (χ4v) is 1.52. The highest BCUT2D eigenvalue weighted by molar-refractivity contribution is 7.11. The largest absolute Gasteiger partial charge is 0.351 e. The van der Waals surface area contributed by atoms with Gasteiger partial charge in [0.1, 0.15) is 12.5 Å². The fraction of sp³-hybridized carbons (Fsp3) is 0.200. The molecule has 2 heterocycles. The maximum absolute atomic E-state index is 10.7. The molecule has 10 heavy (non-hydrogen) atoms. The van der Waals surface area contributed by atoms with Crippen molar-refractivity contribution in [2.75, 3.05) is 12.0 Å². The van der Waals surface area contributed by atoms with Gasteiger partial charge in [-0.2, -0.15) is 0 Å². The number of hydrogen-bond donors (Lipinski definition) is 2. The van der Waals surface area contributed by atoms with E-state index < -0.39 is 0 Å². The summed E-state index contributed by atoms with van der Waals surface area (Å²) >= 11 is 1.17. The summed E-state index contributed by atoms with van der Waals surface area (Å²) < 4.78 is 0. The van der Waals surface area contributed by atoms with E-state index in [1.165, 1.54) is 11.3 Å². The molecule has 0 aromatic carbocycles. The Morgan fingerprint density at radius 1 is 1.70 bits per heavy atom. The topological polar surface area (TPSA) is 57.2 Å². The van der Waals surface area contributed by atoms with E-state index in [0.29, 0.717) is 6.67 Å². The Bertz CT molecular complexity index is 324. The zero-order chi connectivity index (χ0) is 6.97. The zero-order valence-electron chi connectivity index (χ0n) is 5.05. The molecule has 2 rings (SSSR count). The van der Waals surface area contributed by atoms with Crippen LogP contribution in [0.25, 0.3) is 0 Å². The second-order valence-electron chi connectivity index (χ2n) is 1.90. The van der Waals surface area contributed by atoms with Gasteiger partial charge in [0.2, 0.25) is 0 Å². The van der Waals surface area contributed by atoms with Crippen molar-refractivity contribution < 1.29 is 0 Å². The summed E-state index contributed by atoms with van der Waals surface area (Å²) in [7, 11) is 0. The molecule has 2 N–H and O–H groups in total. The van der Waals surface area contributed by atoms with Crippen molar-refractivity contribution in [3.8, 4) is 0 Å². The van der Waals surface area contributed by atoms with Crippen LogP contribution in [-0.2, 0) is 0 Å². The molecule has 4 nitrogen and oxygen atoms in total. The van der Waals surface area contributed by atoms with Gasteiger partial charge in [-0.3, -0.25) is 14.8 Å². The van der Waals surface area contributed by atoms with Gasteiger partial charge in [0.25, 0.3) is 0 Å². The summed E-state index contributed by atoms with van der Waals surface area (Å²) in [4.78, 5) is 18.2. The second-order valence-corrected chi connectivity index (χ2v) is 2.92.